The van der Waals surface area contributed by atoms with Crippen LogP contribution in [-0.4, -0.2) is 44.2 Å². The second-order valence-electron chi connectivity index (χ2n) is 6.22. The summed E-state index contributed by atoms with van der Waals surface area (Å²) in [5, 5.41) is 8.78. The summed E-state index contributed by atoms with van der Waals surface area (Å²) in [4.78, 5) is 25.1. The number of para-hydroxylation sites is 2. The lowest BCUT2D eigenvalue weighted by atomic mass is 10.2. The average molecular weight is 359 g/mol. The number of hydrogen-bond acceptors (Lipinski definition) is 4. The number of benzene rings is 1. The van der Waals surface area contributed by atoms with Crippen LogP contribution in [0, 0.1) is 5.92 Å². The lowest BCUT2D eigenvalue weighted by Crippen LogP contribution is -2.70. The largest absolute Gasteiger partial charge is 0.542 e. The van der Waals surface area contributed by atoms with Crippen molar-refractivity contribution < 1.29 is 33.6 Å². The van der Waals surface area contributed by atoms with Crippen molar-refractivity contribution >= 4 is 23.3 Å². The normalized spacial score (nSPS) is 20.4. The van der Waals surface area contributed by atoms with E-state index in [1.54, 1.807) is 4.90 Å². The molecule has 0 unspecified atom stereocenters. The number of quaternary nitrogens is 1. The number of rotatable bonds is 2. The van der Waals surface area contributed by atoms with E-state index in [1.807, 2.05) is 25.2 Å². The highest BCUT2D eigenvalue weighted by Gasteiger charge is 2.34. The summed E-state index contributed by atoms with van der Waals surface area (Å²) in [6, 6.07) is 7.98. The minimum absolute atomic E-state index is 0.112. The molecule has 138 valence electrons. The van der Waals surface area contributed by atoms with E-state index in [4.69, 9.17) is 9.90 Å². The Morgan fingerprint density at radius 2 is 1.80 bits per heavy atom. The summed E-state index contributed by atoms with van der Waals surface area (Å²) >= 11 is 0. The molecule has 0 bridgehead atoms. The predicted molar refractivity (Wildman–Crippen MR) is 82.5 cm³/mol. The first kappa shape index (κ1) is 19.0. The van der Waals surface area contributed by atoms with E-state index in [9.17, 15) is 18.0 Å². The van der Waals surface area contributed by atoms with Gasteiger partial charge in [0, 0.05) is 13.6 Å². The van der Waals surface area contributed by atoms with Crippen LogP contribution in [-0.2, 0) is 9.59 Å². The van der Waals surface area contributed by atoms with Crippen molar-refractivity contribution in [1.82, 2.24) is 0 Å². The fraction of sp³-hybridized carbons (Fsp3) is 0.500. The summed E-state index contributed by atoms with van der Waals surface area (Å²) < 4.78 is 31.5. The van der Waals surface area contributed by atoms with Crippen molar-refractivity contribution in [1.29, 1.82) is 0 Å². The number of carbonyl (C=O) groups excluding carboxylic acids is 2. The van der Waals surface area contributed by atoms with Crippen LogP contribution >= 0.6 is 0 Å². The van der Waals surface area contributed by atoms with E-state index in [1.165, 1.54) is 18.5 Å². The van der Waals surface area contributed by atoms with Gasteiger partial charge in [0.15, 0.2) is 6.04 Å². The Morgan fingerprint density at radius 3 is 2.28 bits per heavy atom. The Balaban J connectivity index is 0.000000277. The average Bonchev–Trinajstić information content (AvgIpc) is 3.36. The van der Waals surface area contributed by atoms with Crippen LogP contribution in [0.5, 0.6) is 0 Å². The van der Waals surface area contributed by atoms with Gasteiger partial charge < -0.3 is 25.4 Å². The minimum Gasteiger partial charge on any atom is -0.542 e. The molecule has 1 amide bonds. The molecule has 0 radical (unpaired) electrons. The number of hydrogen-bond donors (Lipinski definition) is 1. The summed E-state index contributed by atoms with van der Waals surface area (Å²) in [6.07, 6.45) is -2.55. The first-order valence-corrected chi connectivity index (χ1v) is 7.84. The van der Waals surface area contributed by atoms with Crippen molar-refractivity contribution in [2.75, 3.05) is 29.9 Å². The Kier molecular flexibility index (Phi) is 5.56. The predicted octanol–water partition coefficient (Wildman–Crippen LogP) is -0.212. The maximum atomic E-state index is 12.2. The van der Waals surface area contributed by atoms with Gasteiger partial charge in [0.2, 0.25) is 0 Å². The Labute approximate surface area is 143 Å². The first-order chi connectivity index (χ1) is 11.6. The van der Waals surface area contributed by atoms with Gasteiger partial charge in [-0.25, -0.2) is 0 Å². The second kappa shape index (κ2) is 7.30. The third-order valence-electron chi connectivity index (χ3n) is 4.11. The van der Waals surface area contributed by atoms with Gasteiger partial charge in [0.25, 0.3) is 5.91 Å². The summed E-state index contributed by atoms with van der Waals surface area (Å²) in [7, 11) is 1.85. The molecule has 0 spiro atoms. The SMILES string of the molecule is CN1C(=O)[C@@H]([NH3+])CN(CC2CC2)c2ccccc21.O=C([O-])C(F)(F)F. The van der Waals surface area contributed by atoms with E-state index >= 15 is 0 Å². The van der Waals surface area contributed by atoms with Crippen LogP contribution in [0.2, 0.25) is 0 Å². The van der Waals surface area contributed by atoms with E-state index in [0.29, 0.717) is 0 Å². The Hall–Kier alpha value is -2.29. The molecule has 2 aliphatic rings. The monoisotopic (exact) mass is 359 g/mol. The Morgan fingerprint density at radius 1 is 1.28 bits per heavy atom. The summed E-state index contributed by atoms with van der Waals surface area (Å²) in [5.74, 6) is -2.09. The molecule has 1 atom stereocenters. The van der Waals surface area contributed by atoms with Gasteiger partial charge in [0.05, 0.1) is 17.9 Å². The zero-order chi connectivity index (χ0) is 18.8. The van der Waals surface area contributed by atoms with Gasteiger partial charge in [-0.2, -0.15) is 13.2 Å². The van der Waals surface area contributed by atoms with Crippen molar-refractivity contribution in [2.45, 2.75) is 25.1 Å². The van der Waals surface area contributed by atoms with E-state index in [-0.39, 0.29) is 11.9 Å². The highest BCUT2D eigenvalue weighted by molar-refractivity contribution is 6.00. The molecule has 0 saturated heterocycles. The quantitative estimate of drug-likeness (QED) is 0.791. The highest BCUT2D eigenvalue weighted by atomic mass is 19.4. The molecule has 1 aliphatic heterocycles. The molecular formula is C16H20F3N3O3. The number of anilines is 2. The smallest absolute Gasteiger partial charge is 0.430 e. The number of carboxylic acid groups (broad SMARTS) is 1. The van der Waals surface area contributed by atoms with Gasteiger partial charge in [-0.3, -0.25) is 4.79 Å². The molecule has 1 aromatic rings. The van der Waals surface area contributed by atoms with Crippen LogP contribution < -0.4 is 20.6 Å². The number of carbonyl (C=O) groups is 2. The van der Waals surface area contributed by atoms with E-state index in [2.05, 4.69) is 16.7 Å². The summed E-state index contributed by atoms with van der Waals surface area (Å²) in [5.41, 5.74) is 6.20. The summed E-state index contributed by atoms with van der Waals surface area (Å²) in [6.45, 7) is 1.79. The number of fused-ring (bicyclic) bond motifs is 1. The minimum atomic E-state index is -5.19. The fourth-order valence-electron chi connectivity index (χ4n) is 2.64. The maximum Gasteiger partial charge on any atom is 0.430 e. The van der Waals surface area contributed by atoms with Crippen LogP contribution in [0.3, 0.4) is 0 Å². The number of aliphatic carboxylic acids is 1. The molecule has 3 N–H and O–H groups in total. The standard InChI is InChI=1S/C14H19N3O.C2HF3O2/c1-16-12-4-2-3-5-13(12)17(8-10-6-7-10)9-11(15)14(16)18;3-2(4,5)1(6)7/h2-5,10-11H,6-9,15H2,1H3;(H,6,7)/t11-;/m0./s1. The van der Waals surface area contributed by atoms with Crippen molar-refractivity contribution in [2.24, 2.45) is 5.92 Å². The van der Waals surface area contributed by atoms with Gasteiger partial charge in [-0.05, 0) is 30.9 Å². The third-order valence-corrected chi connectivity index (χ3v) is 4.11. The molecule has 0 aromatic heterocycles. The van der Waals surface area contributed by atoms with Gasteiger partial charge in [-0.1, -0.05) is 12.1 Å². The second-order valence-corrected chi connectivity index (χ2v) is 6.22. The zero-order valence-electron chi connectivity index (χ0n) is 13.8. The number of alkyl halides is 3. The lowest BCUT2D eigenvalue weighted by molar-refractivity contribution is -0.399. The molecule has 1 aromatic carbocycles. The lowest BCUT2D eigenvalue weighted by Gasteiger charge is -2.25. The molecule has 1 heterocycles. The number of likely N-dealkylation sites (N-methyl/N-ethyl adjacent to an activating group) is 1. The van der Waals surface area contributed by atoms with Crippen LogP contribution in [0.4, 0.5) is 24.5 Å². The topological polar surface area (TPSA) is 91.3 Å². The molecule has 1 fully saturated rings. The molecular weight excluding hydrogens is 339 g/mol. The molecule has 3 rings (SSSR count). The Bertz CT molecular complexity index is 647. The molecule has 9 heteroatoms. The van der Waals surface area contributed by atoms with Gasteiger partial charge >= 0.3 is 6.18 Å². The van der Waals surface area contributed by atoms with Crippen LogP contribution in [0.15, 0.2) is 24.3 Å². The first-order valence-electron chi connectivity index (χ1n) is 7.84. The molecule has 25 heavy (non-hydrogen) atoms. The van der Waals surface area contributed by atoms with Crippen molar-refractivity contribution in [3.63, 3.8) is 0 Å². The van der Waals surface area contributed by atoms with Crippen LogP contribution in [0.25, 0.3) is 0 Å². The molecule has 6 nitrogen and oxygen atoms in total. The van der Waals surface area contributed by atoms with E-state index in [0.717, 1.165) is 24.7 Å². The fourth-order valence-corrected chi connectivity index (χ4v) is 2.64. The maximum absolute atomic E-state index is 12.2. The number of halogens is 3. The molecule has 1 saturated carbocycles. The van der Waals surface area contributed by atoms with E-state index < -0.39 is 12.1 Å². The van der Waals surface area contributed by atoms with Crippen molar-refractivity contribution in [3.05, 3.63) is 24.3 Å². The van der Waals surface area contributed by atoms with Crippen LogP contribution in [0.1, 0.15) is 12.8 Å². The van der Waals surface area contributed by atoms with Gasteiger partial charge in [-0.15, -0.1) is 0 Å². The number of amides is 1. The third kappa shape index (κ3) is 4.85. The zero-order valence-corrected chi connectivity index (χ0v) is 13.8. The van der Waals surface area contributed by atoms with Crippen molar-refractivity contribution in [3.8, 4) is 0 Å². The number of carboxylic acids is 1. The molecule has 1 aliphatic carbocycles. The number of nitrogens with zero attached hydrogens (tertiary/aromatic N) is 2. The highest BCUT2D eigenvalue weighted by Crippen LogP contribution is 2.36. The van der Waals surface area contributed by atoms with Gasteiger partial charge in [0.1, 0.15) is 5.97 Å².